The van der Waals surface area contributed by atoms with Crippen molar-refractivity contribution in [2.24, 2.45) is 0 Å². The van der Waals surface area contributed by atoms with E-state index in [1.807, 2.05) is 79.7 Å². The highest BCUT2D eigenvalue weighted by atomic mass is 35.5. The molecule has 11 heteroatoms. The molecule has 1 atom stereocenters. The van der Waals surface area contributed by atoms with Gasteiger partial charge in [0.2, 0.25) is 0 Å². The number of ether oxygens (including phenoxy) is 2. The van der Waals surface area contributed by atoms with Crippen LogP contribution in [0, 0.1) is 0 Å². The summed E-state index contributed by atoms with van der Waals surface area (Å²) >= 11 is 8.33. The number of hydrogen-bond acceptors (Lipinski definition) is 8. The molecule has 0 bridgehead atoms. The molecule has 0 saturated heterocycles. The Hall–Kier alpha value is -2.52. The normalized spacial score (nSPS) is 13.3. The van der Waals surface area contributed by atoms with Gasteiger partial charge in [0.1, 0.15) is 18.0 Å². The minimum absolute atomic E-state index is 0.115. The Labute approximate surface area is 264 Å². The maximum absolute atomic E-state index is 12.8. The molecule has 234 valence electrons. The van der Waals surface area contributed by atoms with E-state index in [0.717, 1.165) is 26.7 Å². The van der Waals surface area contributed by atoms with E-state index >= 15 is 0 Å². The van der Waals surface area contributed by atoms with Gasteiger partial charge in [-0.25, -0.2) is 9.36 Å². The molecule has 0 aliphatic heterocycles. The number of carbonyl (C=O) groups is 1. The van der Waals surface area contributed by atoms with E-state index in [1.165, 1.54) is 14.2 Å². The summed E-state index contributed by atoms with van der Waals surface area (Å²) in [6.45, 7) is 7.65. The van der Waals surface area contributed by atoms with Crippen LogP contribution in [0.15, 0.2) is 82.6 Å². The molecule has 1 amide bonds. The predicted molar refractivity (Wildman–Crippen MR) is 171 cm³/mol. The lowest BCUT2D eigenvalue weighted by atomic mass is 9.89. The Morgan fingerprint density at radius 1 is 0.953 bits per heavy atom. The first kappa shape index (κ1) is 35.0. The van der Waals surface area contributed by atoms with E-state index in [9.17, 15) is 9.36 Å². The third kappa shape index (κ3) is 11.5. The standard InChI is InChI=1S/C32H41ClNO7PS/c1-7-32(23-40-42(36,37-5)38-6,34-30(35)41-31(2,3)4)19-18-25-16-17-28(21-29(25)33)43-27-15-11-14-26(20-27)39-22-24-12-9-8-10-13-24/h8-17,20-21H,7,18-19,22-23H2,1-6H3,(H,34,35). The van der Waals surface area contributed by atoms with Gasteiger partial charge < -0.3 is 14.8 Å². The SMILES string of the molecule is CCC(CCc1ccc(Sc2cccc(OCc3ccccc3)c2)cc1Cl)(COP(=O)(OC)OC)NC(=O)OC(C)(C)C. The Morgan fingerprint density at radius 2 is 1.65 bits per heavy atom. The topological polar surface area (TPSA) is 92.3 Å². The summed E-state index contributed by atoms with van der Waals surface area (Å²) < 4.78 is 39.5. The van der Waals surface area contributed by atoms with E-state index in [2.05, 4.69) is 5.32 Å². The molecule has 0 aromatic heterocycles. The first-order valence-electron chi connectivity index (χ1n) is 14.0. The van der Waals surface area contributed by atoms with Gasteiger partial charge in [0.05, 0.1) is 12.1 Å². The lowest BCUT2D eigenvalue weighted by molar-refractivity contribution is 0.0359. The molecule has 0 fully saturated rings. The van der Waals surface area contributed by atoms with Crippen LogP contribution in [0.25, 0.3) is 0 Å². The van der Waals surface area contributed by atoms with E-state index in [0.29, 0.717) is 30.9 Å². The zero-order valence-corrected chi connectivity index (χ0v) is 28.0. The molecule has 0 aliphatic rings. The van der Waals surface area contributed by atoms with Crippen LogP contribution in [-0.2, 0) is 35.9 Å². The van der Waals surface area contributed by atoms with Crippen LogP contribution in [0.1, 0.15) is 51.7 Å². The monoisotopic (exact) mass is 649 g/mol. The summed E-state index contributed by atoms with van der Waals surface area (Å²) in [7, 11) is -1.29. The highest BCUT2D eigenvalue weighted by Gasteiger charge is 2.36. The number of carbonyl (C=O) groups excluding carboxylic acids is 1. The quantitative estimate of drug-likeness (QED) is 0.163. The lowest BCUT2D eigenvalue weighted by Gasteiger charge is -2.35. The molecule has 0 aliphatic carbocycles. The molecule has 1 N–H and O–H groups in total. The van der Waals surface area contributed by atoms with E-state index in [-0.39, 0.29) is 6.61 Å². The van der Waals surface area contributed by atoms with Crippen LogP contribution >= 0.6 is 31.2 Å². The molecule has 0 radical (unpaired) electrons. The van der Waals surface area contributed by atoms with Crippen molar-refractivity contribution in [1.82, 2.24) is 5.32 Å². The highest BCUT2D eigenvalue weighted by molar-refractivity contribution is 7.99. The second-order valence-electron chi connectivity index (χ2n) is 11.0. The fourth-order valence-electron chi connectivity index (χ4n) is 4.11. The number of nitrogens with one attached hydrogen (secondary N) is 1. The Bertz CT molecular complexity index is 1380. The summed E-state index contributed by atoms with van der Waals surface area (Å²) in [5.41, 5.74) is 0.389. The fraction of sp³-hybridized carbons (Fsp3) is 0.406. The van der Waals surface area contributed by atoms with Gasteiger partial charge in [-0.1, -0.05) is 72.8 Å². The van der Waals surface area contributed by atoms with Crippen molar-refractivity contribution in [3.8, 4) is 5.75 Å². The molecule has 0 saturated carbocycles. The van der Waals surface area contributed by atoms with Crippen LogP contribution in [0.3, 0.4) is 0 Å². The first-order valence-corrected chi connectivity index (χ1v) is 16.6. The van der Waals surface area contributed by atoms with Crippen molar-refractivity contribution in [2.75, 3.05) is 20.8 Å². The number of phosphoric acid groups is 1. The van der Waals surface area contributed by atoms with Crippen LogP contribution in [0.5, 0.6) is 5.75 Å². The fourth-order valence-corrected chi connectivity index (χ4v) is 6.12. The first-order chi connectivity index (χ1) is 20.4. The van der Waals surface area contributed by atoms with Crippen molar-refractivity contribution < 1.29 is 32.4 Å². The van der Waals surface area contributed by atoms with Crippen molar-refractivity contribution in [3.05, 3.63) is 88.9 Å². The summed E-state index contributed by atoms with van der Waals surface area (Å²) in [5.74, 6) is 0.790. The summed E-state index contributed by atoms with van der Waals surface area (Å²) in [4.78, 5) is 14.8. The number of benzene rings is 3. The van der Waals surface area contributed by atoms with E-state index in [1.54, 1.807) is 32.5 Å². The predicted octanol–water partition coefficient (Wildman–Crippen LogP) is 9.09. The van der Waals surface area contributed by atoms with Gasteiger partial charge in [-0.2, -0.15) is 0 Å². The minimum atomic E-state index is -3.77. The summed E-state index contributed by atoms with van der Waals surface area (Å²) in [5, 5.41) is 3.54. The molecule has 3 aromatic carbocycles. The van der Waals surface area contributed by atoms with Gasteiger partial charge in [0.15, 0.2) is 0 Å². The van der Waals surface area contributed by atoms with E-state index < -0.39 is 25.1 Å². The number of halogens is 1. The van der Waals surface area contributed by atoms with Crippen molar-refractivity contribution in [2.45, 2.75) is 74.5 Å². The van der Waals surface area contributed by atoms with Gasteiger partial charge in [0, 0.05) is 29.0 Å². The van der Waals surface area contributed by atoms with Gasteiger partial charge in [-0.05, 0) is 81.5 Å². The molecule has 43 heavy (non-hydrogen) atoms. The number of amides is 1. The molecule has 3 rings (SSSR count). The molecule has 0 heterocycles. The number of phosphoric ester groups is 1. The zero-order valence-electron chi connectivity index (χ0n) is 25.6. The van der Waals surface area contributed by atoms with Gasteiger partial charge in [-0.3, -0.25) is 13.6 Å². The molecule has 0 spiro atoms. The van der Waals surface area contributed by atoms with Gasteiger partial charge in [-0.15, -0.1) is 0 Å². The Balaban J connectivity index is 1.70. The van der Waals surface area contributed by atoms with Crippen molar-refractivity contribution in [3.63, 3.8) is 0 Å². The maximum atomic E-state index is 12.8. The lowest BCUT2D eigenvalue weighted by Crippen LogP contribution is -2.53. The third-order valence-corrected chi connectivity index (χ3v) is 9.25. The van der Waals surface area contributed by atoms with Crippen molar-refractivity contribution in [1.29, 1.82) is 0 Å². The average Bonchev–Trinajstić information content (AvgIpc) is 2.98. The molecular formula is C32H41ClNO7PS. The largest absolute Gasteiger partial charge is 0.489 e. The molecule has 8 nitrogen and oxygen atoms in total. The smallest absolute Gasteiger partial charge is 0.474 e. The zero-order chi connectivity index (χ0) is 31.5. The maximum Gasteiger partial charge on any atom is 0.474 e. The summed E-state index contributed by atoms with van der Waals surface area (Å²) in [6.07, 6.45) is 0.816. The number of rotatable bonds is 15. The number of alkyl carbamates (subject to hydrolysis) is 1. The van der Waals surface area contributed by atoms with Gasteiger partial charge >= 0.3 is 13.9 Å². The van der Waals surface area contributed by atoms with Crippen LogP contribution in [-0.4, -0.2) is 38.1 Å². The minimum Gasteiger partial charge on any atom is -0.489 e. The summed E-state index contributed by atoms with van der Waals surface area (Å²) in [6, 6.07) is 23.9. The van der Waals surface area contributed by atoms with Crippen LogP contribution in [0.2, 0.25) is 5.02 Å². The number of aryl methyl sites for hydroxylation is 1. The van der Waals surface area contributed by atoms with E-state index in [4.69, 9.17) is 34.6 Å². The Kier molecular flexibility index (Phi) is 13.0. The average molecular weight is 650 g/mol. The molecule has 3 aromatic rings. The van der Waals surface area contributed by atoms with Crippen LogP contribution in [0.4, 0.5) is 4.79 Å². The highest BCUT2D eigenvalue weighted by Crippen LogP contribution is 2.48. The van der Waals surface area contributed by atoms with Crippen molar-refractivity contribution >= 4 is 37.3 Å². The van der Waals surface area contributed by atoms with Gasteiger partial charge in [0.25, 0.3) is 0 Å². The number of hydrogen-bond donors (Lipinski definition) is 1. The van der Waals surface area contributed by atoms with Crippen LogP contribution < -0.4 is 10.1 Å². The Morgan fingerprint density at radius 3 is 2.28 bits per heavy atom. The molecule has 1 unspecified atom stereocenters. The second kappa shape index (κ2) is 16.0. The second-order valence-corrected chi connectivity index (χ2v) is 14.4. The molecular weight excluding hydrogens is 609 g/mol. The third-order valence-electron chi connectivity index (χ3n) is 6.58.